The van der Waals surface area contributed by atoms with Gasteiger partial charge in [-0.15, -0.1) is 0 Å². The van der Waals surface area contributed by atoms with Crippen molar-refractivity contribution in [1.82, 2.24) is 5.32 Å². The highest BCUT2D eigenvalue weighted by Crippen LogP contribution is 2.12. The summed E-state index contributed by atoms with van der Waals surface area (Å²) in [7, 11) is 0. The van der Waals surface area contributed by atoms with Crippen LogP contribution in [-0.4, -0.2) is 25.2 Å². The first-order chi connectivity index (χ1) is 9.79. The predicted octanol–water partition coefficient (Wildman–Crippen LogP) is 1.18. The van der Waals surface area contributed by atoms with Crippen molar-refractivity contribution in [2.75, 3.05) is 13.2 Å². The van der Waals surface area contributed by atoms with E-state index in [1.165, 1.54) is 0 Å². The maximum absolute atomic E-state index is 11.9. The van der Waals surface area contributed by atoms with Gasteiger partial charge in [0.05, 0.1) is 6.54 Å². The second kappa shape index (κ2) is 7.68. The zero-order valence-corrected chi connectivity index (χ0v) is 11.5. The fraction of sp³-hybridized carbons (Fsp3) is 0.438. The lowest BCUT2D eigenvalue weighted by Crippen LogP contribution is -2.37. The number of hydrogen-bond acceptors (Lipinski definition) is 3. The van der Waals surface area contributed by atoms with Crippen molar-refractivity contribution in [3.63, 3.8) is 0 Å². The maximum Gasteiger partial charge on any atom is 0.249 e. The molecule has 0 radical (unpaired) electrons. The van der Waals surface area contributed by atoms with Crippen LogP contribution in [-0.2, 0) is 16.1 Å². The van der Waals surface area contributed by atoms with Crippen molar-refractivity contribution in [3.8, 4) is 11.8 Å². The lowest BCUT2D eigenvalue weighted by molar-refractivity contribution is -0.135. The van der Waals surface area contributed by atoms with Gasteiger partial charge in [0, 0.05) is 18.7 Å². The van der Waals surface area contributed by atoms with E-state index in [1.807, 2.05) is 24.3 Å². The Morgan fingerprint density at radius 2 is 2.15 bits per heavy atom. The third kappa shape index (κ3) is 4.37. The Morgan fingerprint density at radius 3 is 2.80 bits per heavy atom. The molecule has 1 unspecified atom stereocenters. The molecule has 0 saturated carbocycles. The quantitative estimate of drug-likeness (QED) is 0.812. The summed E-state index contributed by atoms with van der Waals surface area (Å²) in [5, 5.41) is 2.91. The maximum atomic E-state index is 11.9. The summed E-state index contributed by atoms with van der Waals surface area (Å²) in [4.78, 5) is 11.9. The van der Waals surface area contributed by atoms with Crippen LogP contribution in [0.2, 0.25) is 0 Å². The molecule has 1 aliphatic rings. The van der Waals surface area contributed by atoms with Crippen LogP contribution in [0.25, 0.3) is 0 Å². The first kappa shape index (κ1) is 14.6. The second-order valence-electron chi connectivity index (χ2n) is 4.78. The van der Waals surface area contributed by atoms with Gasteiger partial charge >= 0.3 is 0 Å². The molecule has 1 aromatic rings. The Kier molecular flexibility index (Phi) is 5.60. The molecule has 20 heavy (non-hydrogen) atoms. The van der Waals surface area contributed by atoms with E-state index in [9.17, 15) is 4.79 Å². The largest absolute Gasteiger partial charge is 0.368 e. The molecular weight excluding hydrogens is 252 g/mol. The lowest BCUT2D eigenvalue weighted by Gasteiger charge is -2.21. The van der Waals surface area contributed by atoms with Gasteiger partial charge in [-0.05, 0) is 37.0 Å². The van der Waals surface area contributed by atoms with Gasteiger partial charge < -0.3 is 15.8 Å². The molecule has 1 aromatic carbocycles. The van der Waals surface area contributed by atoms with Crippen LogP contribution in [0, 0.1) is 11.8 Å². The first-order valence-corrected chi connectivity index (χ1v) is 6.97. The van der Waals surface area contributed by atoms with Crippen molar-refractivity contribution in [2.24, 2.45) is 5.73 Å². The Labute approximate surface area is 119 Å². The zero-order chi connectivity index (χ0) is 14.2. The van der Waals surface area contributed by atoms with E-state index >= 15 is 0 Å². The minimum atomic E-state index is -0.279. The van der Waals surface area contributed by atoms with Gasteiger partial charge in [0.15, 0.2) is 0 Å². The van der Waals surface area contributed by atoms with Crippen molar-refractivity contribution in [3.05, 3.63) is 35.4 Å². The number of hydrogen-bond donors (Lipinski definition) is 2. The number of nitrogens with two attached hydrogens (primary N) is 1. The Morgan fingerprint density at radius 1 is 1.35 bits per heavy atom. The summed E-state index contributed by atoms with van der Waals surface area (Å²) in [6.45, 7) is 1.56. The van der Waals surface area contributed by atoms with E-state index in [1.54, 1.807) is 0 Å². The molecule has 106 valence electrons. The van der Waals surface area contributed by atoms with E-state index in [4.69, 9.17) is 10.5 Å². The van der Waals surface area contributed by atoms with Crippen molar-refractivity contribution >= 4 is 5.91 Å². The Hall–Kier alpha value is -1.83. The SMILES string of the molecule is NCC#Cc1ccc(CNC(=O)C2CCCCO2)cc1. The summed E-state index contributed by atoms with van der Waals surface area (Å²) < 4.78 is 5.45. The van der Waals surface area contributed by atoms with Crippen LogP contribution in [0.3, 0.4) is 0 Å². The van der Waals surface area contributed by atoms with Gasteiger partial charge in [-0.25, -0.2) is 0 Å². The Balaban J connectivity index is 1.82. The van der Waals surface area contributed by atoms with Crippen molar-refractivity contribution in [1.29, 1.82) is 0 Å². The first-order valence-electron chi connectivity index (χ1n) is 6.97. The molecule has 2 rings (SSSR count). The summed E-state index contributed by atoms with van der Waals surface area (Å²) in [5.74, 6) is 5.76. The van der Waals surface area contributed by atoms with Gasteiger partial charge in [0.2, 0.25) is 5.91 Å². The van der Waals surface area contributed by atoms with Gasteiger partial charge in [-0.1, -0.05) is 24.0 Å². The van der Waals surface area contributed by atoms with E-state index in [2.05, 4.69) is 17.2 Å². The van der Waals surface area contributed by atoms with Crippen LogP contribution in [0.1, 0.15) is 30.4 Å². The molecule has 1 heterocycles. The van der Waals surface area contributed by atoms with Crippen molar-refractivity contribution in [2.45, 2.75) is 31.9 Å². The van der Waals surface area contributed by atoms with E-state index in [0.29, 0.717) is 19.7 Å². The average Bonchev–Trinajstić information content (AvgIpc) is 2.52. The number of rotatable bonds is 3. The van der Waals surface area contributed by atoms with Crippen LogP contribution >= 0.6 is 0 Å². The molecule has 1 aliphatic heterocycles. The molecule has 0 aliphatic carbocycles. The van der Waals surface area contributed by atoms with Gasteiger partial charge in [-0.3, -0.25) is 4.79 Å². The molecule has 1 fully saturated rings. The molecule has 0 spiro atoms. The number of nitrogens with one attached hydrogen (secondary N) is 1. The van der Waals surface area contributed by atoms with Gasteiger partial charge in [0.25, 0.3) is 0 Å². The number of amides is 1. The van der Waals surface area contributed by atoms with Crippen molar-refractivity contribution < 1.29 is 9.53 Å². The normalized spacial score (nSPS) is 17.9. The number of carbonyl (C=O) groups is 1. The third-order valence-corrected chi connectivity index (χ3v) is 3.23. The van der Waals surface area contributed by atoms with E-state index in [-0.39, 0.29) is 12.0 Å². The smallest absolute Gasteiger partial charge is 0.249 e. The fourth-order valence-electron chi connectivity index (χ4n) is 2.11. The second-order valence-corrected chi connectivity index (χ2v) is 4.78. The van der Waals surface area contributed by atoms with Crippen LogP contribution in [0.5, 0.6) is 0 Å². The summed E-state index contributed by atoms with van der Waals surface area (Å²) in [6.07, 6.45) is 2.65. The molecule has 4 nitrogen and oxygen atoms in total. The molecule has 1 saturated heterocycles. The standard InChI is InChI=1S/C16H20N2O2/c17-10-3-4-13-6-8-14(9-7-13)12-18-16(19)15-5-1-2-11-20-15/h6-9,15H,1-2,5,10-12,17H2,(H,18,19). The van der Waals surface area contributed by atoms with E-state index < -0.39 is 0 Å². The zero-order valence-electron chi connectivity index (χ0n) is 11.5. The minimum Gasteiger partial charge on any atom is -0.368 e. The summed E-state index contributed by atoms with van der Waals surface area (Å²) in [5.41, 5.74) is 7.31. The summed E-state index contributed by atoms with van der Waals surface area (Å²) >= 11 is 0. The highest BCUT2D eigenvalue weighted by molar-refractivity contribution is 5.80. The average molecular weight is 272 g/mol. The summed E-state index contributed by atoms with van der Waals surface area (Å²) in [6, 6.07) is 7.79. The monoisotopic (exact) mass is 272 g/mol. The molecule has 0 aromatic heterocycles. The minimum absolute atomic E-state index is 0.0169. The van der Waals surface area contributed by atoms with E-state index in [0.717, 1.165) is 30.4 Å². The lowest BCUT2D eigenvalue weighted by atomic mass is 10.1. The Bertz CT molecular complexity index is 493. The highest BCUT2D eigenvalue weighted by Gasteiger charge is 2.21. The number of carbonyl (C=O) groups excluding carboxylic acids is 1. The predicted molar refractivity (Wildman–Crippen MR) is 77.8 cm³/mol. The number of ether oxygens (including phenoxy) is 1. The van der Waals surface area contributed by atoms with Crippen LogP contribution in [0.15, 0.2) is 24.3 Å². The fourth-order valence-corrected chi connectivity index (χ4v) is 2.11. The molecule has 1 atom stereocenters. The number of benzene rings is 1. The highest BCUT2D eigenvalue weighted by atomic mass is 16.5. The van der Waals surface area contributed by atoms with Gasteiger partial charge in [-0.2, -0.15) is 0 Å². The van der Waals surface area contributed by atoms with Crippen LogP contribution < -0.4 is 11.1 Å². The molecular formula is C16H20N2O2. The molecule has 3 N–H and O–H groups in total. The molecule has 0 bridgehead atoms. The topological polar surface area (TPSA) is 64.3 Å². The molecule has 4 heteroatoms. The van der Waals surface area contributed by atoms with Gasteiger partial charge in [0.1, 0.15) is 6.10 Å². The van der Waals surface area contributed by atoms with Crippen LogP contribution in [0.4, 0.5) is 0 Å². The third-order valence-electron chi connectivity index (χ3n) is 3.23. The molecule has 1 amide bonds.